The summed E-state index contributed by atoms with van der Waals surface area (Å²) >= 11 is 0. The van der Waals surface area contributed by atoms with E-state index in [2.05, 4.69) is 20.6 Å². The number of piperidine rings is 1. The fourth-order valence-electron chi connectivity index (χ4n) is 4.29. The van der Waals surface area contributed by atoms with Gasteiger partial charge in [0.15, 0.2) is 5.69 Å². The fourth-order valence-corrected chi connectivity index (χ4v) is 4.29. The fraction of sp³-hybridized carbons (Fsp3) is 0.385. The first-order valence-corrected chi connectivity index (χ1v) is 11.8. The largest absolute Gasteiger partial charge is 0.348 e. The van der Waals surface area contributed by atoms with E-state index in [1.54, 1.807) is 18.2 Å². The number of amides is 2. The van der Waals surface area contributed by atoms with E-state index in [1.165, 1.54) is 4.68 Å². The van der Waals surface area contributed by atoms with Crippen molar-refractivity contribution >= 4 is 28.3 Å². The zero-order valence-electron chi connectivity index (χ0n) is 19.7. The smallest absolute Gasteiger partial charge is 0.274 e. The lowest BCUT2D eigenvalue weighted by atomic mass is 10.0. The normalized spacial score (nSPS) is 14.9. The minimum Gasteiger partial charge on any atom is -0.348 e. The molecule has 2 heterocycles. The van der Waals surface area contributed by atoms with E-state index in [0.29, 0.717) is 37.0 Å². The van der Waals surface area contributed by atoms with Gasteiger partial charge in [-0.3, -0.25) is 19.3 Å². The molecule has 0 radical (unpaired) electrons. The number of likely N-dealkylation sites (tertiary alicyclic amines) is 1. The Morgan fingerprint density at radius 2 is 1.65 bits per heavy atom. The second-order valence-corrected chi connectivity index (χ2v) is 9.21. The summed E-state index contributed by atoms with van der Waals surface area (Å²) in [6, 6.07) is 16.5. The number of fused-ring (bicyclic) bond motifs is 1. The van der Waals surface area contributed by atoms with Crippen LogP contribution in [0, 0.1) is 5.92 Å². The Morgan fingerprint density at radius 1 is 1.00 bits per heavy atom. The summed E-state index contributed by atoms with van der Waals surface area (Å²) < 4.78 is 1.40. The van der Waals surface area contributed by atoms with Crippen molar-refractivity contribution in [2.45, 2.75) is 39.3 Å². The average Bonchev–Trinajstić information content (AvgIpc) is 2.82. The van der Waals surface area contributed by atoms with Crippen LogP contribution in [0.5, 0.6) is 0 Å². The molecule has 178 valence electrons. The van der Waals surface area contributed by atoms with Crippen LogP contribution in [0.2, 0.25) is 0 Å². The summed E-state index contributed by atoms with van der Waals surface area (Å²) in [7, 11) is 0. The molecule has 3 aromatic rings. The lowest BCUT2D eigenvalue weighted by Crippen LogP contribution is -2.47. The van der Waals surface area contributed by atoms with Gasteiger partial charge in [-0.05, 0) is 37.0 Å². The molecule has 1 aliphatic rings. The number of hydrogen-bond donors (Lipinski definition) is 2. The quantitative estimate of drug-likeness (QED) is 0.564. The highest BCUT2D eigenvalue weighted by molar-refractivity contribution is 6.04. The number of carbonyl (C=O) groups is 2. The number of anilines is 1. The van der Waals surface area contributed by atoms with Gasteiger partial charge in [0.2, 0.25) is 5.91 Å². The highest BCUT2D eigenvalue weighted by Gasteiger charge is 2.24. The third kappa shape index (κ3) is 5.69. The van der Waals surface area contributed by atoms with Gasteiger partial charge in [0, 0.05) is 36.7 Å². The van der Waals surface area contributed by atoms with Crippen LogP contribution >= 0.6 is 0 Å². The van der Waals surface area contributed by atoms with Gasteiger partial charge in [0.05, 0.1) is 11.9 Å². The van der Waals surface area contributed by atoms with E-state index in [0.717, 1.165) is 18.5 Å². The van der Waals surface area contributed by atoms with Gasteiger partial charge in [-0.1, -0.05) is 50.2 Å². The molecule has 2 N–H and O–H groups in total. The van der Waals surface area contributed by atoms with E-state index in [-0.39, 0.29) is 35.0 Å². The van der Waals surface area contributed by atoms with Crippen LogP contribution < -0.4 is 16.2 Å². The molecule has 8 nitrogen and oxygen atoms in total. The maximum Gasteiger partial charge on any atom is 0.274 e. The van der Waals surface area contributed by atoms with Crippen molar-refractivity contribution in [2.24, 2.45) is 5.92 Å². The Kier molecular flexibility index (Phi) is 7.37. The number of para-hydroxylation sites is 1. The summed E-state index contributed by atoms with van der Waals surface area (Å²) in [6.07, 6.45) is 1.49. The molecule has 1 saturated heterocycles. The van der Waals surface area contributed by atoms with Gasteiger partial charge < -0.3 is 10.6 Å². The van der Waals surface area contributed by atoms with Crippen molar-refractivity contribution in [3.8, 4) is 0 Å². The zero-order valence-corrected chi connectivity index (χ0v) is 19.7. The summed E-state index contributed by atoms with van der Waals surface area (Å²) in [5.74, 6) is -0.0866. The van der Waals surface area contributed by atoms with E-state index >= 15 is 0 Å². The number of benzene rings is 2. The van der Waals surface area contributed by atoms with Crippen molar-refractivity contribution < 1.29 is 9.59 Å². The minimum atomic E-state index is -0.269. The number of aromatic nitrogens is 2. The molecular weight excluding hydrogens is 430 g/mol. The van der Waals surface area contributed by atoms with Crippen molar-refractivity contribution in [2.75, 3.05) is 25.0 Å². The molecular formula is C26H31N5O3. The molecule has 8 heteroatoms. The standard InChI is InChI=1S/C26H31N5O3/c1-18(2)16-31-26(34)22-11-7-6-10-21(22)24(29-31)25(33)28-20-12-14-30(15-13-20)17-23(32)27-19-8-4-3-5-9-19/h3-11,18,20H,12-17H2,1-2H3,(H,27,32)(H,28,33). The molecule has 1 aromatic heterocycles. The van der Waals surface area contributed by atoms with Crippen LogP contribution in [0.15, 0.2) is 59.4 Å². The van der Waals surface area contributed by atoms with Gasteiger partial charge in [-0.25, -0.2) is 4.68 Å². The zero-order chi connectivity index (χ0) is 24.1. The van der Waals surface area contributed by atoms with Gasteiger partial charge in [-0.15, -0.1) is 0 Å². The Hall–Kier alpha value is -3.52. The summed E-state index contributed by atoms with van der Waals surface area (Å²) in [5.41, 5.74) is 0.886. The molecule has 1 aliphatic heterocycles. The van der Waals surface area contributed by atoms with E-state index < -0.39 is 0 Å². The van der Waals surface area contributed by atoms with E-state index in [1.807, 2.05) is 50.2 Å². The molecule has 0 saturated carbocycles. The third-order valence-electron chi connectivity index (χ3n) is 5.97. The topological polar surface area (TPSA) is 96.3 Å². The van der Waals surface area contributed by atoms with E-state index in [4.69, 9.17) is 0 Å². The minimum absolute atomic E-state index is 0.00743. The first-order chi connectivity index (χ1) is 16.4. The molecule has 1 fully saturated rings. The van der Waals surface area contributed by atoms with Crippen molar-refractivity contribution in [1.29, 1.82) is 0 Å². The average molecular weight is 462 g/mol. The van der Waals surface area contributed by atoms with Gasteiger partial charge >= 0.3 is 0 Å². The summed E-state index contributed by atoms with van der Waals surface area (Å²) in [5, 5.41) is 11.5. The Balaban J connectivity index is 1.38. The monoisotopic (exact) mass is 461 g/mol. The maximum absolute atomic E-state index is 13.2. The molecule has 4 rings (SSSR count). The Labute approximate surface area is 199 Å². The van der Waals surface area contributed by atoms with Crippen LogP contribution in [0.1, 0.15) is 37.2 Å². The van der Waals surface area contributed by atoms with Gasteiger partial charge in [0.1, 0.15) is 0 Å². The second-order valence-electron chi connectivity index (χ2n) is 9.21. The Morgan fingerprint density at radius 3 is 2.32 bits per heavy atom. The Bertz CT molecular complexity index is 1210. The predicted octanol–water partition coefficient (Wildman–Crippen LogP) is 2.89. The summed E-state index contributed by atoms with van der Waals surface area (Å²) in [4.78, 5) is 40.4. The highest BCUT2D eigenvalue weighted by atomic mass is 16.2. The molecule has 2 amide bonds. The first-order valence-electron chi connectivity index (χ1n) is 11.8. The lowest BCUT2D eigenvalue weighted by Gasteiger charge is -2.31. The number of carbonyl (C=O) groups excluding carboxylic acids is 2. The third-order valence-corrected chi connectivity index (χ3v) is 5.97. The molecule has 0 atom stereocenters. The van der Waals surface area contributed by atoms with Crippen molar-refractivity contribution in [3.63, 3.8) is 0 Å². The maximum atomic E-state index is 13.2. The highest BCUT2D eigenvalue weighted by Crippen LogP contribution is 2.16. The van der Waals surface area contributed by atoms with Crippen LogP contribution in [0.25, 0.3) is 10.8 Å². The predicted molar refractivity (Wildman–Crippen MR) is 133 cm³/mol. The number of nitrogens with zero attached hydrogens (tertiary/aromatic N) is 3. The van der Waals surface area contributed by atoms with Crippen molar-refractivity contribution in [1.82, 2.24) is 20.0 Å². The van der Waals surface area contributed by atoms with Crippen LogP contribution in [0.3, 0.4) is 0 Å². The number of nitrogens with one attached hydrogen (secondary N) is 2. The van der Waals surface area contributed by atoms with Crippen LogP contribution in [0.4, 0.5) is 5.69 Å². The second kappa shape index (κ2) is 10.6. The number of rotatable bonds is 7. The van der Waals surface area contributed by atoms with Gasteiger partial charge in [-0.2, -0.15) is 5.10 Å². The first kappa shape index (κ1) is 23.6. The summed E-state index contributed by atoms with van der Waals surface area (Å²) in [6.45, 7) is 6.23. The molecule has 0 aliphatic carbocycles. The molecule has 0 unspecified atom stereocenters. The van der Waals surface area contributed by atoms with E-state index in [9.17, 15) is 14.4 Å². The molecule has 0 spiro atoms. The molecule has 34 heavy (non-hydrogen) atoms. The van der Waals surface area contributed by atoms with Crippen LogP contribution in [-0.4, -0.2) is 52.2 Å². The van der Waals surface area contributed by atoms with Crippen LogP contribution in [-0.2, 0) is 11.3 Å². The molecule has 2 aromatic carbocycles. The SMILES string of the molecule is CC(C)Cn1nc(C(=O)NC2CCN(CC(=O)Nc3ccccc3)CC2)c2ccccc2c1=O. The van der Waals surface area contributed by atoms with Crippen molar-refractivity contribution in [3.05, 3.63) is 70.6 Å². The lowest BCUT2D eigenvalue weighted by molar-refractivity contribution is -0.117. The molecule has 0 bridgehead atoms. The number of hydrogen-bond acceptors (Lipinski definition) is 5. The van der Waals surface area contributed by atoms with Gasteiger partial charge in [0.25, 0.3) is 11.5 Å².